The first kappa shape index (κ1) is 17.3. The first-order valence-electron chi connectivity index (χ1n) is 7.38. The van der Waals surface area contributed by atoms with Gasteiger partial charge in [-0.05, 0) is 26.0 Å². The molecule has 0 atom stereocenters. The highest BCUT2D eigenvalue weighted by molar-refractivity contribution is 5.94. The smallest absolute Gasteiger partial charge is 0.331 e. The van der Waals surface area contributed by atoms with E-state index >= 15 is 0 Å². The number of para-hydroxylation sites is 1. The molecular formula is C17H18N2O5. The van der Waals surface area contributed by atoms with Gasteiger partial charge in [0.15, 0.2) is 12.4 Å². The Morgan fingerprint density at radius 3 is 2.83 bits per heavy atom. The van der Waals surface area contributed by atoms with Crippen molar-refractivity contribution < 1.29 is 23.6 Å². The number of aromatic nitrogens is 1. The van der Waals surface area contributed by atoms with Crippen molar-refractivity contribution in [3.8, 4) is 5.75 Å². The van der Waals surface area contributed by atoms with Gasteiger partial charge in [0.2, 0.25) is 0 Å². The summed E-state index contributed by atoms with van der Waals surface area (Å²) < 4.78 is 15.1. The van der Waals surface area contributed by atoms with E-state index in [1.807, 2.05) is 31.2 Å². The number of esters is 1. The van der Waals surface area contributed by atoms with Gasteiger partial charge in [-0.25, -0.2) is 4.79 Å². The van der Waals surface area contributed by atoms with Gasteiger partial charge in [0.25, 0.3) is 5.91 Å². The van der Waals surface area contributed by atoms with E-state index in [0.717, 1.165) is 5.56 Å². The molecular weight excluding hydrogens is 312 g/mol. The Balaban J connectivity index is 1.83. The van der Waals surface area contributed by atoms with Crippen molar-refractivity contribution >= 4 is 23.8 Å². The SMILES string of the molecule is CCOc1ccccc1/C=C/C(=O)OCC(=O)Nc1cc(C)on1. The number of carbonyl (C=O) groups is 2. The molecule has 1 aromatic carbocycles. The van der Waals surface area contributed by atoms with Gasteiger partial charge in [-0.2, -0.15) is 0 Å². The first-order chi connectivity index (χ1) is 11.6. The molecule has 0 bridgehead atoms. The lowest BCUT2D eigenvalue weighted by Crippen LogP contribution is -2.20. The number of hydrogen-bond donors (Lipinski definition) is 1. The Bertz CT molecular complexity index is 736. The second kappa shape index (κ2) is 8.52. The molecule has 0 radical (unpaired) electrons. The molecule has 2 aromatic rings. The first-order valence-corrected chi connectivity index (χ1v) is 7.38. The van der Waals surface area contributed by atoms with Crippen LogP contribution in [0, 0.1) is 6.92 Å². The third-order valence-electron chi connectivity index (χ3n) is 2.86. The molecule has 1 N–H and O–H groups in total. The lowest BCUT2D eigenvalue weighted by molar-refractivity contribution is -0.142. The number of benzene rings is 1. The molecule has 24 heavy (non-hydrogen) atoms. The predicted octanol–water partition coefficient (Wildman–Crippen LogP) is 2.58. The van der Waals surface area contributed by atoms with Crippen molar-refractivity contribution in [3.05, 3.63) is 47.7 Å². The largest absolute Gasteiger partial charge is 0.493 e. The van der Waals surface area contributed by atoms with Crippen molar-refractivity contribution in [2.75, 3.05) is 18.5 Å². The summed E-state index contributed by atoms with van der Waals surface area (Å²) in [5.41, 5.74) is 0.749. The molecule has 0 unspecified atom stereocenters. The highest BCUT2D eigenvalue weighted by atomic mass is 16.5. The fourth-order valence-electron chi connectivity index (χ4n) is 1.85. The molecule has 2 rings (SSSR count). The third-order valence-corrected chi connectivity index (χ3v) is 2.86. The Morgan fingerprint density at radius 1 is 1.33 bits per heavy atom. The van der Waals surface area contributed by atoms with Crippen molar-refractivity contribution in [1.29, 1.82) is 0 Å². The number of anilines is 1. The van der Waals surface area contributed by atoms with Crippen LogP contribution in [0.2, 0.25) is 0 Å². The summed E-state index contributed by atoms with van der Waals surface area (Å²) in [4.78, 5) is 23.3. The van der Waals surface area contributed by atoms with E-state index in [1.54, 1.807) is 19.1 Å². The number of nitrogens with one attached hydrogen (secondary N) is 1. The highest BCUT2D eigenvalue weighted by Crippen LogP contribution is 2.19. The van der Waals surface area contributed by atoms with Gasteiger partial charge in [-0.1, -0.05) is 23.4 Å². The molecule has 0 saturated carbocycles. The van der Waals surface area contributed by atoms with Crippen LogP contribution in [-0.2, 0) is 14.3 Å². The summed E-state index contributed by atoms with van der Waals surface area (Å²) in [5, 5.41) is 6.06. The average molecular weight is 330 g/mol. The summed E-state index contributed by atoms with van der Waals surface area (Å²) in [6.07, 6.45) is 2.82. The van der Waals surface area contributed by atoms with E-state index in [2.05, 4.69) is 10.5 Å². The van der Waals surface area contributed by atoms with Crippen LogP contribution in [0.1, 0.15) is 18.2 Å². The molecule has 1 aromatic heterocycles. The van der Waals surface area contributed by atoms with E-state index in [0.29, 0.717) is 18.1 Å². The number of rotatable bonds is 7. The summed E-state index contributed by atoms with van der Waals surface area (Å²) in [7, 11) is 0. The van der Waals surface area contributed by atoms with Crippen LogP contribution in [0.4, 0.5) is 5.82 Å². The fraction of sp³-hybridized carbons (Fsp3) is 0.235. The second-order valence-corrected chi connectivity index (χ2v) is 4.78. The van der Waals surface area contributed by atoms with Crippen LogP contribution >= 0.6 is 0 Å². The summed E-state index contributed by atoms with van der Waals surface area (Å²) in [6, 6.07) is 8.86. The molecule has 0 aliphatic rings. The highest BCUT2D eigenvalue weighted by Gasteiger charge is 2.08. The molecule has 0 aliphatic carbocycles. The van der Waals surface area contributed by atoms with E-state index < -0.39 is 18.5 Å². The lowest BCUT2D eigenvalue weighted by Gasteiger charge is -2.06. The third kappa shape index (κ3) is 5.28. The number of carbonyl (C=O) groups excluding carboxylic acids is 2. The maximum Gasteiger partial charge on any atom is 0.331 e. The van der Waals surface area contributed by atoms with E-state index in [4.69, 9.17) is 14.0 Å². The maximum atomic E-state index is 11.7. The van der Waals surface area contributed by atoms with Crippen LogP contribution in [0.3, 0.4) is 0 Å². The minimum absolute atomic E-state index is 0.273. The van der Waals surface area contributed by atoms with Gasteiger partial charge in [0.05, 0.1) is 6.61 Å². The normalized spacial score (nSPS) is 10.6. The summed E-state index contributed by atoms with van der Waals surface area (Å²) in [5.74, 6) is 0.378. The monoisotopic (exact) mass is 330 g/mol. The predicted molar refractivity (Wildman–Crippen MR) is 87.5 cm³/mol. The molecule has 1 amide bonds. The van der Waals surface area contributed by atoms with Crippen LogP contribution in [0.5, 0.6) is 5.75 Å². The van der Waals surface area contributed by atoms with Crippen LogP contribution in [0.25, 0.3) is 6.08 Å². The Hall–Kier alpha value is -3.09. The zero-order valence-electron chi connectivity index (χ0n) is 13.4. The van der Waals surface area contributed by atoms with Gasteiger partial charge in [-0.3, -0.25) is 4.79 Å². The van der Waals surface area contributed by atoms with E-state index in [1.165, 1.54) is 6.08 Å². The Kier molecular flexibility index (Phi) is 6.13. The number of aryl methyl sites for hydroxylation is 1. The molecule has 0 spiro atoms. The molecule has 0 saturated heterocycles. The zero-order chi connectivity index (χ0) is 17.4. The van der Waals surface area contributed by atoms with Crippen LogP contribution in [0.15, 0.2) is 40.9 Å². The standard InChI is InChI=1S/C17H18N2O5/c1-3-22-14-7-5-4-6-13(14)8-9-17(21)23-11-16(20)18-15-10-12(2)24-19-15/h4-10H,3,11H2,1-2H3,(H,18,19,20)/b9-8+. The zero-order valence-corrected chi connectivity index (χ0v) is 13.4. The van der Waals surface area contributed by atoms with Gasteiger partial charge >= 0.3 is 5.97 Å². The number of hydrogen-bond acceptors (Lipinski definition) is 6. The van der Waals surface area contributed by atoms with Gasteiger partial charge in [0.1, 0.15) is 11.5 Å². The Labute approximate surface area is 139 Å². The minimum Gasteiger partial charge on any atom is -0.493 e. The number of ether oxygens (including phenoxy) is 2. The van der Waals surface area contributed by atoms with Gasteiger partial charge < -0.3 is 19.3 Å². The van der Waals surface area contributed by atoms with Crippen molar-refractivity contribution in [2.45, 2.75) is 13.8 Å². The molecule has 126 valence electrons. The quantitative estimate of drug-likeness (QED) is 0.620. The molecule has 0 aliphatic heterocycles. The lowest BCUT2D eigenvalue weighted by atomic mass is 10.2. The van der Waals surface area contributed by atoms with E-state index in [9.17, 15) is 9.59 Å². The Morgan fingerprint density at radius 2 is 2.12 bits per heavy atom. The summed E-state index contributed by atoms with van der Waals surface area (Å²) >= 11 is 0. The fourth-order valence-corrected chi connectivity index (χ4v) is 1.85. The summed E-state index contributed by atoms with van der Waals surface area (Å²) in [6.45, 7) is 3.69. The average Bonchev–Trinajstić information content (AvgIpc) is 2.97. The molecule has 7 heteroatoms. The van der Waals surface area contributed by atoms with Crippen molar-refractivity contribution in [1.82, 2.24) is 5.16 Å². The van der Waals surface area contributed by atoms with E-state index in [-0.39, 0.29) is 5.82 Å². The van der Waals surface area contributed by atoms with Crippen LogP contribution in [-0.4, -0.2) is 30.2 Å². The van der Waals surface area contributed by atoms with Gasteiger partial charge in [-0.15, -0.1) is 0 Å². The molecule has 7 nitrogen and oxygen atoms in total. The molecule has 0 fully saturated rings. The molecule has 1 heterocycles. The van der Waals surface area contributed by atoms with Crippen LogP contribution < -0.4 is 10.1 Å². The second-order valence-electron chi connectivity index (χ2n) is 4.78. The van der Waals surface area contributed by atoms with Gasteiger partial charge in [0, 0.05) is 17.7 Å². The topological polar surface area (TPSA) is 90.7 Å². The number of amides is 1. The maximum absolute atomic E-state index is 11.7. The minimum atomic E-state index is -0.632. The van der Waals surface area contributed by atoms with Crippen molar-refractivity contribution in [2.24, 2.45) is 0 Å². The number of nitrogens with zero attached hydrogens (tertiary/aromatic N) is 1. The van der Waals surface area contributed by atoms with Crippen molar-refractivity contribution in [3.63, 3.8) is 0 Å².